The lowest BCUT2D eigenvalue weighted by atomic mass is 9.70. The van der Waals surface area contributed by atoms with Gasteiger partial charge in [-0.1, -0.05) is 38.1 Å². The van der Waals surface area contributed by atoms with Gasteiger partial charge in [0.1, 0.15) is 0 Å². The summed E-state index contributed by atoms with van der Waals surface area (Å²) in [5, 5.41) is 9.02. The minimum Gasteiger partial charge on any atom is -0.465 e. The van der Waals surface area contributed by atoms with E-state index in [1.807, 2.05) is 0 Å². The lowest BCUT2D eigenvalue weighted by molar-refractivity contribution is 0.00578. The van der Waals surface area contributed by atoms with Crippen LogP contribution in [0.25, 0.3) is 0 Å². The standard InChI is InChI=1S/C20H30BNO4/c1-18(2,15-12-22(13-15)17(23)24)11-14-7-9-16(10-8-14)21-25-19(3,4)20(5,6)26-21/h7-10,15H,11-13H2,1-6H3,(H,23,24). The average Bonchev–Trinajstić information content (AvgIpc) is 2.65. The van der Waals surface area contributed by atoms with Crippen LogP contribution in [0.15, 0.2) is 24.3 Å². The first-order valence-corrected chi connectivity index (χ1v) is 9.34. The summed E-state index contributed by atoms with van der Waals surface area (Å²) in [6, 6.07) is 8.43. The minimum absolute atomic E-state index is 0.0673. The fourth-order valence-corrected chi connectivity index (χ4v) is 3.57. The molecule has 0 atom stereocenters. The Kier molecular flexibility index (Phi) is 4.64. The van der Waals surface area contributed by atoms with Crippen LogP contribution in [-0.2, 0) is 15.7 Å². The van der Waals surface area contributed by atoms with Crippen LogP contribution in [0, 0.1) is 11.3 Å². The SMILES string of the molecule is CC(C)(Cc1ccc(B2OC(C)(C)C(C)(C)O2)cc1)C1CN(C(=O)O)C1. The van der Waals surface area contributed by atoms with Crippen molar-refractivity contribution in [2.75, 3.05) is 13.1 Å². The molecule has 3 rings (SSSR count). The number of likely N-dealkylation sites (tertiary alicyclic amines) is 1. The van der Waals surface area contributed by atoms with Gasteiger partial charge in [-0.2, -0.15) is 0 Å². The molecule has 142 valence electrons. The lowest BCUT2D eigenvalue weighted by Crippen LogP contribution is -2.55. The van der Waals surface area contributed by atoms with Crippen molar-refractivity contribution in [2.45, 2.75) is 59.2 Å². The van der Waals surface area contributed by atoms with Crippen molar-refractivity contribution in [3.05, 3.63) is 29.8 Å². The van der Waals surface area contributed by atoms with Crippen molar-refractivity contribution in [1.82, 2.24) is 4.90 Å². The smallest absolute Gasteiger partial charge is 0.465 e. The predicted octanol–water partition coefficient (Wildman–Crippen LogP) is 3.16. The Morgan fingerprint density at radius 3 is 2.12 bits per heavy atom. The molecular formula is C20H30BNO4. The second kappa shape index (κ2) is 6.27. The van der Waals surface area contributed by atoms with Gasteiger partial charge >= 0.3 is 13.2 Å². The van der Waals surface area contributed by atoms with E-state index in [9.17, 15) is 4.79 Å². The Balaban J connectivity index is 1.63. The highest BCUT2D eigenvalue weighted by Crippen LogP contribution is 2.38. The summed E-state index contributed by atoms with van der Waals surface area (Å²) in [4.78, 5) is 12.4. The third-order valence-electron chi connectivity index (χ3n) is 6.42. The maximum atomic E-state index is 11.0. The van der Waals surface area contributed by atoms with Gasteiger partial charge in [0.05, 0.1) is 11.2 Å². The highest BCUT2D eigenvalue weighted by Gasteiger charge is 2.51. The molecule has 1 aromatic rings. The molecule has 0 bridgehead atoms. The lowest BCUT2D eigenvalue weighted by Gasteiger charge is -2.46. The van der Waals surface area contributed by atoms with Gasteiger partial charge in [-0.3, -0.25) is 0 Å². The molecule has 2 fully saturated rings. The number of rotatable bonds is 4. The second-order valence-electron chi connectivity index (χ2n) is 9.38. The molecule has 0 saturated carbocycles. The molecule has 0 spiro atoms. The van der Waals surface area contributed by atoms with Gasteiger partial charge in [-0.05, 0) is 56.5 Å². The fraction of sp³-hybridized carbons (Fsp3) is 0.650. The van der Waals surface area contributed by atoms with Gasteiger partial charge < -0.3 is 19.3 Å². The molecule has 1 N–H and O–H groups in total. The van der Waals surface area contributed by atoms with E-state index in [2.05, 4.69) is 65.8 Å². The summed E-state index contributed by atoms with van der Waals surface area (Å²) in [6.45, 7) is 13.9. The molecule has 1 amide bonds. The number of hydrogen-bond acceptors (Lipinski definition) is 3. The van der Waals surface area contributed by atoms with E-state index in [0.29, 0.717) is 19.0 Å². The van der Waals surface area contributed by atoms with E-state index in [1.165, 1.54) is 10.5 Å². The van der Waals surface area contributed by atoms with E-state index in [4.69, 9.17) is 14.4 Å². The molecule has 0 aromatic heterocycles. The number of nitrogens with zero attached hydrogens (tertiary/aromatic N) is 1. The van der Waals surface area contributed by atoms with Crippen LogP contribution in [0.1, 0.15) is 47.1 Å². The van der Waals surface area contributed by atoms with Crippen LogP contribution in [-0.4, -0.2) is 47.5 Å². The third kappa shape index (κ3) is 3.49. The van der Waals surface area contributed by atoms with Gasteiger partial charge in [0, 0.05) is 13.1 Å². The highest BCUT2D eigenvalue weighted by molar-refractivity contribution is 6.62. The zero-order chi connectivity index (χ0) is 19.3. The van der Waals surface area contributed by atoms with Crippen molar-refractivity contribution in [1.29, 1.82) is 0 Å². The molecule has 0 aliphatic carbocycles. The quantitative estimate of drug-likeness (QED) is 0.839. The number of carboxylic acid groups (broad SMARTS) is 1. The van der Waals surface area contributed by atoms with Crippen molar-refractivity contribution < 1.29 is 19.2 Å². The normalized spacial score (nSPS) is 22.4. The van der Waals surface area contributed by atoms with Crippen molar-refractivity contribution >= 4 is 18.7 Å². The van der Waals surface area contributed by atoms with Gasteiger partial charge in [0.15, 0.2) is 0 Å². The maximum Gasteiger partial charge on any atom is 0.494 e. The summed E-state index contributed by atoms with van der Waals surface area (Å²) < 4.78 is 12.2. The van der Waals surface area contributed by atoms with Crippen LogP contribution in [0.3, 0.4) is 0 Å². The molecule has 6 heteroatoms. The first-order valence-electron chi connectivity index (χ1n) is 9.34. The van der Waals surface area contributed by atoms with Crippen LogP contribution >= 0.6 is 0 Å². The summed E-state index contributed by atoms with van der Waals surface area (Å²) in [6.07, 6.45) is 0.109. The Morgan fingerprint density at radius 2 is 1.65 bits per heavy atom. The second-order valence-corrected chi connectivity index (χ2v) is 9.38. The Bertz CT molecular complexity index is 662. The van der Waals surface area contributed by atoms with Crippen LogP contribution in [0.5, 0.6) is 0 Å². The molecule has 2 aliphatic rings. The number of hydrogen-bond donors (Lipinski definition) is 1. The number of benzene rings is 1. The summed E-state index contributed by atoms with van der Waals surface area (Å²) in [5.74, 6) is 0.404. The Hall–Kier alpha value is -1.53. The summed E-state index contributed by atoms with van der Waals surface area (Å²) in [7, 11) is -0.335. The van der Waals surface area contributed by atoms with Crippen LogP contribution in [0.4, 0.5) is 4.79 Å². The van der Waals surface area contributed by atoms with E-state index in [1.54, 1.807) is 0 Å². The van der Waals surface area contributed by atoms with Crippen LogP contribution in [0.2, 0.25) is 0 Å². The monoisotopic (exact) mass is 359 g/mol. The largest absolute Gasteiger partial charge is 0.494 e. The van der Waals surface area contributed by atoms with Gasteiger partial charge in [0.2, 0.25) is 0 Å². The first-order chi connectivity index (χ1) is 11.9. The zero-order valence-electron chi connectivity index (χ0n) is 16.7. The summed E-state index contributed by atoms with van der Waals surface area (Å²) in [5.41, 5.74) is 1.68. The number of amides is 1. The van der Waals surface area contributed by atoms with Gasteiger partial charge in [-0.25, -0.2) is 4.79 Å². The van der Waals surface area contributed by atoms with E-state index >= 15 is 0 Å². The first kappa shape index (κ1) is 19.2. The maximum absolute atomic E-state index is 11.0. The molecule has 0 unspecified atom stereocenters. The van der Waals surface area contributed by atoms with Gasteiger partial charge in [0.25, 0.3) is 0 Å². The average molecular weight is 359 g/mol. The van der Waals surface area contributed by atoms with Crippen molar-refractivity contribution in [3.63, 3.8) is 0 Å². The van der Waals surface area contributed by atoms with Gasteiger partial charge in [-0.15, -0.1) is 0 Å². The molecular weight excluding hydrogens is 329 g/mol. The fourth-order valence-electron chi connectivity index (χ4n) is 3.57. The predicted molar refractivity (Wildman–Crippen MR) is 103 cm³/mol. The third-order valence-corrected chi connectivity index (χ3v) is 6.42. The Morgan fingerprint density at radius 1 is 1.15 bits per heavy atom. The van der Waals surface area contributed by atoms with Crippen molar-refractivity contribution in [2.24, 2.45) is 11.3 Å². The molecule has 2 heterocycles. The molecule has 0 radical (unpaired) electrons. The number of carbonyl (C=O) groups is 1. The van der Waals surface area contributed by atoms with E-state index < -0.39 is 6.09 Å². The van der Waals surface area contributed by atoms with E-state index in [0.717, 1.165) is 11.9 Å². The van der Waals surface area contributed by atoms with Crippen molar-refractivity contribution in [3.8, 4) is 0 Å². The van der Waals surface area contributed by atoms with E-state index in [-0.39, 0.29) is 23.7 Å². The molecule has 1 aromatic carbocycles. The molecule has 2 aliphatic heterocycles. The molecule has 26 heavy (non-hydrogen) atoms. The highest BCUT2D eigenvalue weighted by atomic mass is 16.7. The summed E-state index contributed by atoms with van der Waals surface area (Å²) >= 11 is 0. The molecule has 2 saturated heterocycles. The Labute approximate surface area is 156 Å². The zero-order valence-corrected chi connectivity index (χ0v) is 16.7. The molecule has 5 nitrogen and oxygen atoms in total. The minimum atomic E-state index is -0.816. The van der Waals surface area contributed by atoms with Crippen LogP contribution < -0.4 is 5.46 Å². The topological polar surface area (TPSA) is 59.0 Å².